The van der Waals surface area contributed by atoms with E-state index in [9.17, 15) is 0 Å². The Hall–Kier alpha value is -0.840. The monoisotopic (exact) mass is 224 g/mol. The van der Waals surface area contributed by atoms with E-state index in [-0.39, 0.29) is 6.61 Å². The van der Waals surface area contributed by atoms with Gasteiger partial charge in [0.15, 0.2) is 0 Å². The van der Waals surface area contributed by atoms with Crippen LogP contribution < -0.4 is 0 Å². The third-order valence-corrected chi connectivity index (χ3v) is 3.08. The molecule has 1 aromatic heterocycles. The van der Waals surface area contributed by atoms with E-state index in [4.69, 9.17) is 9.52 Å². The van der Waals surface area contributed by atoms with Gasteiger partial charge in [-0.15, -0.1) is 0 Å². The van der Waals surface area contributed by atoms with Crippen LogP contribution in [0.15, 0.2) is 23.0 Å². The third-order valence-electron chi connectivity index (χ3n) is 3.08. The number of hydrogen-bond acceptors (Lipinski definition) is 4. The first-order chi connectivity index (χ1) is 7.88. The van der Waals surface area contributed by atoms with Gasteiger partial charge in [-0.05, 0) is 25.6 Å². The number of furan rings is 1. The molecule has 0 atom stereocenters. The van der Waals surface area contributed by atoms with E-state index in [1.807, 2.05) is 12.3 Å². The van der Waals surface area contributed by atoms with E-state index in [1.54, 1.807) is 6.26 Å². The zero-order valence-corrected chi connectivity index (χ0v) is 9.64. The molecule has 0 bridgehead atoms. The molecule has 2 heterocycles. The zero-order chi connectivity index (χ0) is 11.2. The molecule has 1 aromatic rings. The Morgan fingerprint density at radius 1 is 1.19 bits per heavy atom. The van der Waals surface area contributed by atoms with Crippen molar-refractivity contribution in [1.29, 1.82) is 0 Å². The topological polar surface area (TPSA) is 39.9 Å². The number of β-amino-alcohol motifs (C(OH)–C–C–N with tert-alkyl or cyclic N) is 1. The molecular formula is C12H20N2O2. The summed E-state index contributed by atoms with van der Waals surface area (Å²) in [6, 6.07) is 2.02. The summed E-state index contributed by atoms with van der Waals surface area (Å²) in [4.78, 5) is 4.78. The third kappa shape index (κ3) is 3.33. The van der Waals surface area contributed by atoms with Crippen molar-refractivity contribution in [3.05, 3.63) is 24.2 Å². The fourth-order valence-electron chi connectivity index (χ4n) is 2.19. The molecule has 16 heavy (non-hydrogen) atoms. The van der Waals surface area contributed by atoms with Gasteiger partial charge in [0.05, 0.1) is 19.1 Å². The van der Waals surface area contributed by atoms with Crippen molar-refractivity contribution in [3.8, 4) is 0 Å². The zero-order valence-electron chi connectivity index (χ0n) is 9.64. The average Bonchev–Trinajstić information content (AvgIpc) is 2.68. The van der Waals surface area contributed by atoms with E-state index in [1.165, 1.54) is 12.0 Å². The second-order valence-corrected chi connectivity index (χ2v) is 4.33. The summed E-state index contributed by atoms with van der Waals surface area (Å²) in [5, 5.41) is 8.92. The molecule has 4 heteroatoms. The minimum Gasteiger partial charge on any atom is -0.472 e. The van der Waals surface area contributed by atoms with Crippen LogP contribution in [0, 0.1) is 0 Å². The number of nitrogens with zero attached hydrogens (tertiary/aromatic N) is 2. The van der Waals surface area contributed by atoms with Crippen LogP contribution in [0.1, 0.15) is 12.0 Å². The summed E-state index contributed by atoms with van der Waals surface area (Å²) >= 11 is 0. The number of rotatable bonds is 4. The average molecular weight is 224 g/mol. The summed E-state index contributed by atoms with van der Waals surface area (Å²) in [6.07, 6.45) is 4.72. The summed E-state index contributed by atoms with van der Waals surface area (Å²) in [6.45, 7) is 6.41. The van der Waals surface area contributed by atoms with Crippen molar-refractivity contribution < 1.29 is 9.52 Å². The van der Waals surface area contributed by atoms with Crippen molar-refractivity contribution in [2.75, 3.05) is 39.3 Å². The molecule has 4 nitrogen and oxygen atoms in total. The first-order valence-corrected chi connectivity index (χ1v) is 5.95. The highest BCUT2D eigenvalue weighted by atomic mass is 16.3. The SMILES string of the molecule is OCCN1CCCN(Cc2ccoc2)CC1. The summed E-state index contributed by atoms with van der Waals surface area (Å²) in [5.41, 5.74) is 1.25. The van der Waals surface area contributed by atoms with E-state index in [0.717, 1.165) is 39.3 Å². The van der Waals surface area contributed by atoms with E-state index >= 15 is 0 Å². The number of aliphatic hydroxyl groups is 1. The molecule has 1 saturated heterocycles. The molecule has 0 unspecified atom stereocenters. The second kappa shape index (κ2) is 6.03. The second-order valence-electron chi connectivity index (χ2n) is 4.33. The minimum atomic E-state index is 0.266. The molecule has 0 saturated carbocycles. The van der Waals surface area contributed by atoms with Gasteiger partial charge < -0.3 is 9.52 Å². The Labute approximate surface area is 96.5 Å². The predicted molar refractivity (Wildman–Crippen MR) is 62.1 cm³/mol. The van der Waals surface area contributed by atoms with Crippen molar-refractivity contribution in [1.82, 2.24) is 9.80 Å². The molecule has 0 aromatic carbocycles. The van der Waals surface area contributed by atoms with E-state index in [0.29, 0.717) is 0 Å². The molecule has 1 aliphatic rings. The fraction of sp³-hybridized carbons (Fsp3) is 0.667. The Kier molecular flexibility index (Phi) is 4.39. The number of hydrogen-bond donors (Lipinski definition) is 1. The minimum absolute atomic E-state index is 0.266. The molecular weight excluding hydrogens is 204 g/mol. The highest BCUT2D eigenvalue weighted by Gasteiger charge is 2.14. The molecule has 1 aliphatic heterocycles. The van der Waals surface area contributed by atoms with Gasteiger partial charge in [-0.1, -0.05) is 0 Å². The van der Waals surface area contributed by atoms with Crippen molar-refractivity contribution in [2.45, 2.75) is 13.0 Å². The molecule has 1 N–H and O–H groups in total. The van der Waals surface area contributed by atoms with Gasteiger partial charge in [-0.2, -0.15) is 0 Å². The van der Waals surface area contributed by atoms with Crippen LogP contribution in [0.4, 0.5) is 0 Å². The van der Waals surface area contributed by atoms with Gasteiger partial charge in [0.1, 0.15) is 0 Å². The lowest BCUT2D eigenvalue weighted by molar-refractivity contribution is 0.196. The van der Waals surface area contributed by atoms with Gasteiger partial charge in [-0.25, -0.2) is 0 Å². The Balaban J connectivity index is 1.80. The lowest BCUT2D eigenvalue weighted by atomic mass is 10.3. The molecule has 0 spiro atoms. The van der Waals surface area contributed by atoms with E-state index < -0.39 is 0 Å². The Bertz CT molecular complexity index is 287. The normalized spacial score (nSPS) is 19.8. The summed E-state index contributed by atoms with van der Waals surface area (Å²) in [7, 11) is 0. The van der Waals surface area contributed by atoms with Crippen LogP contribution in [0.25, 0.3) is 0 Å². The maximum Gasteiger partial charge on any atom is 0.0947 e. The molecule has 0 aliphatic carbocycles. The van der Waals surface area contributed by atoms with Gasteiger partial charge >= 0.3 is 0 Å². The summed E-state index contributed by atoms with van der Waals surface area (Å²) < 4.78 is 5.08. The van der Waals surface area contributed by atoms with Crippen LogP contribution >= 0.6 is 0 Å². The molecule has 0 amide bonds. The first kappa shape index (κ1) is 11.6. The van der Waals surface area contributed by atoms with Crippen molar-refractivity contribution in [2.24, 2.45) is 0 Å². The maximum absolute atomic E-state index is 8.92. The smallest absolute Gasteiger partial charge is 0.0947 e. The maximum atomic E-state index is 8.92. The molecule has 0 radical (unpaired) electrons. The van der Waals surface area contributed by atoms with Gasteiger partial charge in [0, 0.05) is 31.7 Å². The van der Waals surface area contributed by atoms with Crippen molar-refractivity contribution in [3.63, 3.8) is 0 Å². The van der Waals surface area contributed by atoms with Crippen molar-refractivity contribution >= 4 is 0 Å². The standard InChI is InChI=1S/C12H20N2O2/c15-8-7-13-3-1-4-14(6-5-13)10-12-2-9-16-11-12/h2,9,11,15H,1,3-8,10H2. The number of aliphatic hydroxyl groups excluding tert-OH is 1. The van der Waals surface area contributed by atoms with Crippen LogP contribution in [-0.4, -0.2) is 54.2 Å². The van der Waals surface area contributed by atoms with Gasteiger partial charge in [-0.3, -0.25) is 9.80 Å². The predicted octanol–water partition coefficient (Wildman–Crippen LogP) is 0.780. The van der Waals surface area contributed by atoms with Crippen LogP contribution in [0.3, 0.4) is 0 Å². The summed E-state index contributed by atoms with van der Waals surface area (Å²) in [5.74, 6) is 0. The Morgan fingerprint density at radius 2 is 2.00 bits per heavy atom. The highest BCUT2D eigenvalue weighted by molar-refractivity contribution is 5.04. The Morgan fingerprint density at radius 3 is 2.75 bits per heavy atom. The van der Waals surface area contributed by atoms with E-state index in [2.05, 4.69) is 9.80 Å². The molecule has 2 rings (SSSR count). The van der Waals surface area contributed by atoms with Gasteiger partial charge in [0.2, 0.25) is 0 Å². The van der Waals surface area contributed by atoms with Crippen LogP contribution in [0.2, 0.25) is 0 Å². The van der Waals surface area contributed by atoms with Crippen LogP contribution in [-0.2, 0) is 6.54 Å². The highest BCUT2D eigenvalue weighted by Crippen LogP contribution is 2.09. The lowest BCUT2D eigenvalue weighted by Crippen LogP contribution is -2.32. The quantitative estimate of drug-likeness (QED) is 0.820. The van der Waals surface area contributed by atoms with Crippen LogP contribution in [0.5, 0.6) is 0 Å². The molecule has 1 fully saturated rings. The molecule has 90 valence electrons. The first-order valence-electron chi connectivity index (χ1n) is 5.95. The largest absolute Gasteiger partial charge is 0.472 e. The fourth-order valence-corrected chi connectivity index (χ4v) is 2.19. The lowest BCUT2D eigenvalue weighted by Gasteiger charge is -2.20. The van der Waals surface area contributed by atoms with Gasteiger partial charge in [0.25, 0.3) is 0 Å².